The summed E-state index contributed by atoms with van der Waals surface area (Å²) >= 11 is 0. The van der Waals surface area contributed by atoms with E-state index in [0.717, 1.165) is 5.69 Å². The first-order valence-electron chi connectivity index (χ1n) is 8.96. The van der Waals surface area contributed by atoms with E-state index in [2.05, 4.69) is 20.3 Å². The first-order chi connectivity index (χ1) is 12.5. The van der Waals surface area contributed by atoms with Gasteiger partial charge in [-0.15, -0.1) is 0 Å². The minimum absolute atomic E-state index is 0.0250. The highest BCUT2D eigenvalue weighted by Crippen LogP contribution is 2.30. The van der Waals surface area contributed by atoms with E-state index in [4.69, 9.17) is 4.74 Å². The topological polar surface area (TPSA) is 85.2 Å². The van der Waals surface area contributed by atoms with Crippen molar-refractivity contribution in [3.05, 3.63) is 30.6 Å². The second-order valence-electron chi connectivity index (χ2n) is 6.89. The molecule has 1 N–H and O–H groups in total. The number of aryl methyl sites for hydroxylation is 1. The first-order valence-corrected chi connectivity index (χ1v) is 8.96. The van der Waals surface area contributed by atoms with Crippen molar-refractivity contribution in [1.29, 1.82) is 0 Å². The molecule has 1 amide bonds. The molecule has 0 bridgehead atoms. The summed E-state index contributed by atoms with van der Waals surface area (Å²) in [6.07, 6.45) is 5.28. The number of likely N-dealkylation sites (tertiary alicyclic amines) is 1. The molecular formula is C18H26N6O2. The van der Waals surface area contributed by atoms with Crippen molar-refractivity contribution in [2.75, 3.05) is 25.0 Å². The molecule has 2 aromatic rings. The van der Waals surface area contributed by atoms with E-state index in [9.17, 15) is 4.79 Å². The summed E-state index contributed by atoms with van der Waals surface area (Å²) in [5, 5.41) is 3.45. The van der Waals surface area contributed by atoms with Crippen molar-refractivity contribution < 1.29 is 9.53 Å². The number of anilines is 1. The van der Waals surface area contributed by atoms with Crippen molar-refractivity contribution in [1.82, 2.24) is 24.4 Å². The second-order valence-corrected chi connectivity index (χ2v) is 6.89. The third kappa shape index (κ3) is 3.95. The molecule has 1 aliphatic heterocycles. The van der Waals surface area contributed by atoms with Crippen molar-refractivity contribution in [3.63, 3.8) is 0 Å². The van der Waals surface area contributed by atoms with Gasteiger partial charge >= 0.3 is 0 Å². The number of carbonyl (C=O) groups excluding carboxylic acids is 1. The summed E-state index contributed by atoms with van der Waals surface area (Å²) in [6.45, 7) is 7.59. The lowest BCUT2D eigenvalue weighted by molar-refractivity contribution is -0.133. The zero-order valence-corrected chi connectivity index (χ0v) is 15.7. The number of nitrogens with zero attached hydrogens (tertiary/aromatic N) is 5. The zero-order chi connectivity index (χ0) is 18.7. The predicted octanol–water partition coefficient (Wildman–Crippen LogP) is 1.67. The van der Waals surface area contributed by atoms with Gasteiger partial charge in [-0.1, -0.05) is 13.8 Å². The number of hydrogen-bond donors (Lipinski definition) is 1. The maximum absolute atomic E-state index is 12.5. The quantitative estimate of drug-likeness (QED) is 0.845. The summed E-state index contributed by atoms with van der Waals surface area (Å²) in [5.41, 5.74) is 0.975. The van der Waals surface area contributed by atoms with Gasteiger partial charge in [0.25, 0.3) is 0 Å². The molecule has 1 saturated heterocycles. The van der Waals surface area contributed by atoms with Gasteiger partial charge in [0.15, 0.2) is 0 Å². The van der Waals surface area contributed by atoms with Crippen molar-refractivity contribution in [2.24, 2.45) is 13.0 Å². The minimum atomic E-state index is -0.0262. The highest BCUT2D eigenvalue weighted by atomic mass is 16.5. The van der Waals surface area contributed by atoms with Gasteiger partial charge in [-0.05, 0) is 6.92 Å². The molecule has 1 aliphatic rings. The molecule has 0 spiro atoms. The van der Waals surface area contributed by atoms with Gasteiger partial charge in [0.1, 0.15) is 12.1 Å². The van der Waals surface area contributed by atoms with Gasteiger partial charge in [0.2, 0.25) is 11.8 Å². The number of amides is 1. The van der Waals surface area contributed by atoms with Crippen molar-refractivity contribution >= 4 is 11.7 Å². The van der Waals surface area contributed by atoms with Crippen LogP contribution in [0.2, 0.25) is 0 Å². The summed E-state index contributed by atoms with van der Waals surface area (Å²) < 4.78 is 7.37. The van der Waals surface area contributed by atoms with Gasteiger partial charge in [-0.3, -0.25) is 4.79 Å². The van der Waals surface area contributed by atoms with Crippen LogP contribution in [0, 0.1) is 5.92 Å². The molecule has 0 unspecified atom stereocenters. The molecule has 0 radical (unpaired) electrons. The monoisotopic (exact) mass is 358 g/mol. The molecule has 26 heavy (non-hydrogen) atoms. The molecule has 2 atom stereocenters. The van der Waals surface area contributed by atoms with Gasteiger partial charge < -0.3 is 19.5 Å². The van der Waals surface area contributed by atoms with E-state index in [1.54, 1.807) is 12.4 Å². The largest absolute Gasteiger partial charge is 0.478 e. The Morgan fingerprint density at radius 2 is 2.15 bits per heavy atom. The Morgan fingerprint density at radius 3 is 2.81 bits per heavy atom. The molecular weight excluding hydrogens is 332 g/mol. The fourth-order valence-corrected chi connectivity index (χ4v) is 3.25. The molecule has 140 valence electrons. The van der Waals surface area contributed by atoms with Gasteiger partial charge in [0, 0.05) is 44.2 Å². The fourth-order valence-electron chi connectivity index (χ4n) is 3.25. The SMILES string of the molecule is CCOc1cc(N[C@@H]2CN(C(=O)C(C)C)C[C@H]2c2cn(C)cn2)ncn1. The number of hydrogen-bond acceptors (Lipinski definition) is 6. The van der Waals surface area contributed by atoms with E-state index in [0.29, 0.717) is 31.4 Å². The van der Waals surface area contributed by atoms with Crippen LogP contribution in [0.15, 0.2) is 24.9 Å². The molecule has 0 aliphatic carbocycles. The standard InChI is InChI=1S/C18H26N6O2/c1-5-26-17-6-16(19-10-20-17)22-15-9-24(18(25)12(2)3)7-13(15)14-8-23(4)11-21-14/h6,8,10-13,15H,5,7,9H2,1-4H3,(H,19,20,22)/t13-,15+/m0/s1. The minimum Gasteiger partial charge on any atom is -0.478 e. The number of carbonyl (C=O) groups is 1. The van der Waals surface area contributed by atoms with E-state index < -0.39 is 0 Å². The lowest BCUT2D eigenvalue weighted by Crippen LogP contribution is -2.34. The zero-order valence-electron chi connectivity index (χ0n) is 15.7. The number of rotatable bonds is 6. The van der Waals surface area contributed by atoms with Gasteiger partial charge in [0.05, 0.1) is 24.7 Å². The van der Waals surface area contributed by atoms with E-state index in [1.807, 2.05) is 43.5 Å². The molecule has 8 nitrogen and oxygen atoms in total. The van der Waals surface area contributed by atoms with Crippen LogP contribution in [0.25, 0.3) is 0 Å². The van der Waals surface area contributed by atoms with Crippen molar-refractivity contribution in [3.8, 4) is 5.88 Å². The van der Waals surface area contributed by atoms with E-state index >= 15 is 0 Å². The predicted molar refractivity (Wildman–Crippen MR) is 98.0 cm³/mol. The smallest absolute Gasteiger partial charge is 0.225 e. The normalized spacial score (nSPS) is 19.8. The van der Waals surface area contributed by atoms with Crippen LogP contribution >= 0.6 is 0 Å². The van der Waals surface area contributed by atoms with Crippen LogP contribution in [-0.2, 0) is 11.8 Å². The van der Waals surface area contributed by atoms with Crippen LogP contribution in [0.3, 0.4) is 0 Å². The molecule has 2 aromatic heterocycles. The Hall–Kier alpha value is -2.64. The second kappa shape index (κ2) is 7.72. The lowest BCUT2D eigenvalue weighted by atomic mass is 10.0. The fraction of sp³-hybridized carbons (Fsp3) is 0.556. The van der Waals surface area contributed by atoms with Gasteiger partial charge in [-0.2, -0.15) is 0 Å². The third-order valence-electron chi connectivity index (χ3n) is 4.50. The van der Waals surface area contributed by atoms with Crippen LogP contribution in [-0.4, -0.2) is 56.1 Å². The third-order valence-corrected chi connectivity index (χ3v) is 4.50. The van der Waals surface area contributed by atoms with Crippen LogP contribution in [0.1, 0.15) is 32.4 Å². The Labute approximate surface area is 153 Å². The molecule has 1 fully saturated rings. The molecule has 3 heterocycles. The average molecular weight is 358 g/mol. The van der Waals surface area contributed by atoms with Gasteiger partial charge in [-0.25, -0.2) is 15.0 Å². The Bertz CT molecular complexity index is 760. The number of nitrogens with one attached hydrogen (secondary N) is 1. The average Bonchev–Trinajstić information content (AvgIpc) is 3.21. The number of ether oxygens (including phenoxy) is 1. The Morgan fingerprint density at radius 1 is 1.35 bits per heavy atom. The summed E-state index contributed by atoms with van der Waals surface area (Å²) in [4.78, 5) is 27.3. The summed E-state index contributed by atoms with van der Waals surface area (Å²) in [7, 11) is 1.95. The molecule has 0 saturated carbocycles. The highest BCUT2D eigenvalue weighted by Gasteiger charge is 2.38. The molecule has 0 aromatic carbocycles. The number of imidazole rings is 1. The van der Waals surface area contributed by atoms with Crippen LogP contribution in [0.4, 0.5) is 5.82 Å². The maximum atomic E-state index is 12.5. The molecule has 3 rings (SSSR count). The Kier molecular flexibility index (Phi) is 5.39. The Balaban J connectivity index is 1.81. The van der Waals surface area contributed by atoms with Crippen molar-refractivity contribution in [2.45, 2.75) is 32.7 Å². The maximum Gasteiger partial charge on any atom is 0.225 e. The summed E-state index contributed by atoms with van der Waals surface area (Å²) in [5.74, 6) is 1.46. The first kappa shape index (κ1) is 18.2. The highest BCUT2D eigenvalue weighted by molar-refractivity contribution is 5.78. The number of aromatic nitrogens is 4. The van der Waals surface area contributed by atoms with E-state index in [1.165, 1.54) is 6.33 Å². The van der Waals surface area contributed by atoms with E-state index in [-0.39, 0.29) is 23.8 Å². The molecule has 8 heteroatoms. The van der Waals surface area contributed by atoms with Crippen LogP contribution in [0.5, 0.6) is 5.88 Å². The summed E-state index contributed by atoms with van der Waals surface area (Å²) in [6, 6.07) is 1.81. The lowest BCUT2D eigenvalue weighted by Gasteiger charge is -2.19. The van der Waals surface area contributed by atoms with Crippen LogP contribution < -0.4 is 10.1 Å².